The second-order valence-electron chi connectivity index (χ2n) is 5.44. The summed E-state index contributed by atoms with van der Waals surface area (Å²) < 4.78 is 29.4. The number of para-hydroxylation sites is 1. The predicted octanol–water partition coefficient (Wildman–Crippen LogP) is 3.46. The van der Waals surface area contributed by atoms with Crippen molar-refractivity contribution < 1.29 is 18.3 Å². The van der Waals surface area contributed by atoms with Gasteiger partial charge in [-0.2, -0.15) is 8.78 Å². The number of rotatable bonds is 7. The van der Waals surface area contributed by atoms with Crippen molar-refractivity contribution in [3.8, 4) is 5.75 Å². The van der Waals surface area contributed by atoms with Crippen LogP contribution in [0.1, 0.15) is 24.1 Å². The average Bonchev–Trinajstić information content (AvgIpc) is 2.55. The van der Waals surface area contributed by atoms with Crippen LogP contribution in [0.25, 0.3) is 0 Å². The van der Waals surface area contributed by atoms with E-state index in [0.29, 0.717) is 12.0 Å². The lowest BCUT2D eigenvalue weighted by molar-refractivity contribution is -0.123. The van der Waals surface area contributed by atoms with Crippen molar-refractivity contribution >= 4 is 18.3 Å². The van der Waals surface area contributed by atoms with E-state index in [4.69, 9.17) is 5.73 Å². The summed E-state index contributed by atoms with van der Waals surface area (Å²) in [6, 6.07) is 14.5. The van der Waals surface area contributed by atoms with Gasteiger partial charge >= 0.3 is 6.61 Å². The van der Waals surface area contributed by atoms with Crippen LogP contribution in [0, 0.1) is 0 Å². The van der Waals surface area contributed by atoms with Crippen molar-refractivity contribution in [2.24, 2.45) is 5.73 Å². The standard InChI is InChI=1S/C18H20F2N2O2.ClH/c1-12(14-9-5-6-10-16(14)24-18(19)20)22-17(23)15(21)11-13-7-3-2-4-8-13;/h2-10,12,15,18H,11,21H2,1H3,(H,22,23);1H. The lowest BCUT2D eigenvalue weighted by Crippen LogP contribution is -2.43. The maximum Gasteiger partial charge on any atom is 0.387 e. The topological polar surface area (TPSA) is 64.4 Å². The van der Waals surface area contributed by atoms with Gasteiger partial charge in [0, 0.05) is 5.56 Å². The fourth-order valence-corrected chi connectivity index (χ4v) is 2.40. The maximum atomic E-state index is 12.5. The second kappa shape index (κ2) is 9.96. The van der Waals surface area contributed by atoms with Crippen molar-refractivity contribution in [3.63, 3.8) is 0 Å². The van der Waals surface area contributed by atoms with Crippen LogP contribution in [-0.4, -0.2) is 18.6 Å². The van der Waals surface area contributed by atoms with Gasteiger partial charge in [0.25, 0.3) is 0 Å². The van der Waals surface area contributed by atoms with Crippen molar-refractivity contribution in [2.45, 2.75) is 32.0 Å². The summed E-state index contributed by atoms with van der Waals surface area (Å²) in [5.74, 6) is -0.310. The van der Waals surface area contributed by atoms with Gasteiger partial charge in [0.1, 0.15) is 5.75 Å². The van der Waals surface area contributed by atoms with Crippen LogP contribution < -0.4 is 15.8 Å². The van der Waals surface area contributed by atoms with E-state index in [1.165, 1.54) is 6.07 Å². The molecule has 2 atom stereocenters. The number of hydrogen-bond donors (Lipinski definition) is 2. The molecule has 0 heterocycles. The molecule has 2 unspecified atom stereocenters. The Labute approximate surface area is 151 Å². The summed E-state index contributed by atoms with van der Waals surface area (Å²) in [7, 11) is 0. The molecule has 2 aromatic rings. The molecule has 7 heteroatoms. The van der Waals surface area contributed by atoms with Crippen LogP contribution in [-0.2, 0) is 11.2 Å². The SMILES string of the molecule is CC(NC(=O)C(N)Cc1ccccc1)c1ccccc1OC(F)F.Cl. The van der Waals surface area contributed by atoms with Crippen molar-refractivity contribution in [3.05, 3.63) is 65.7 Å². The Morgan fingerprint density at radius 1 is 1.12 bits per heavy atom. The molecule has 0 aromatic heterocycles. The van der Waals surface area contributed by atoms with E-state index in [1.54, 1.807) is 25.1 Å². The molecule has 136 valence electrons. The fraction of sp³-hybridized carbons (Fsp3) is 0.278. The highest BCUT2D eigenvalue weighted by Crippen LogP contribution is 2.26. The minimum atomic E-state index is -2.92. The molecular weight excluding hydrogens is 350 g/mol. The van der Waals surface area contributed by atoms with Gasteiger partial charge in [-0.15, -0.1) is 12.4 Å². The summed E-state index contributed by atoms with van der Waals surface area (Å²) in [6.07, 6.45) is 0.397. The molecular formula is C18H21ClF2N2O2. The van der Waals surface area contributed by atoms with Gasteiger partial charge in [-0.05, 0) is 25.0 Å². The highest BCUT2D eigenvalue weighted by molar-refractivity contribution is 5.85. The number of halogens is 3. The normalized spacial score (nSPS) is 12.8. The second-order valence-corrected chi connectivity index (χ2v) is 5.44. The number of benzene rings is 2. The number of ether oxygens (including phenoxy) is 1. The molecule has 0 aliphatic rings. The van der Waals surface area contributed by atoms with E-state index >= 15 is 0 Å². The van der Waals surface area contributed by atoms with Gasteiger partial charge in [-0.3, -0.25) is 4.79 Å². The number of nitrogens with one attached hydrogen (secondary N) is 1. The molecule has 0 radical (unpaired) electrons. The lowest BCUT2D eigenvalue weighted by Gasteiger charge is -2.20. The van der Waals surface area contributed by atoms with Gasteiger partial charge in [0.15, 0.2) is 0 Å². The van der Waals surface area contributed by atoms with E-state index < -0.39 is 18.7 Å². The first-order valence-electron chi connectivity index (χ1n) is 7.61. The minimum absolute atomic E-state index is 0. The Morgan fingerprint density at radius 3 is 2.36 bits per heavy atom. The third-order valence-electron chi connectivity index (χ3n) is 3.60. The number of carbonyl (C=O) groups is 1. The van der Waals surface area contributed by atoms with E-state index in [2.05, 4.69) is 10.1 Å². The summed E-state index contributed by atoms with van der Waals surface area (Å²) in [4.78, 5) is 12.2. The minimum Gasteiger partial charge on any atom is -0.434 e. The number of hydrogen-bond acceptors (Lipinski definition) is 3. The van der Waals surface area contributed by atoms with Crippen molar-refractivity contribution in [1.29, 1.82) is 0 Å². The van der Waals surface area contributed by atoms with Crippen LogP contribution in [0.2, 0.25) is 0 Å². The molecule has 0 bridgehead atoms. The molecule has 0 fully saturated rings. The summed E-state index contributed by atoms with van der Waals surface area (Å²) in [5.41, 5.74) is 7.35. The Morgan fingerprint density at radius 2 is 1.72 bits per heavy atom. The van der Waals surface area contributed by atoms with Gasteiger partial charge in [0.2, 0.25) is 5.91 Å². The Hall–Kier alpha value is -2.18. The first-order chi connectivity index (χ1) is 11.5. The van der Waals surface area contributed by atoms with Crippen LogP contribution in [0.5, 0.6) is 5.75 Å². The summed E-state index contributed by atoms with van der Waals surface area (Å²) in [5, 5.41) is 2.74. The molecule has 2 aromatic carbocycles. The van der Waals surface area contributed by atoms with Crippen molar-refractivity contribution in [1.82, 2.24) is 5.32 Å². The maximum absolute atomic E-state index is 12.5. The molecule has 0 saturated carbocycles. The fourth-order valence-electron chi connectivity index (χ4n) is 2.40. The van der Waals surface area contributed by atoms with Gasteiger partial charge in [-0.1, -0.05) is 48.5 Å². The third kappa shape index (κ3) is 6.32. The monoisotopic (exact) mass is 370 g/mol. The predicted molar refractivity (Wildman–Crippen MR) is 95.0 cm³/mol. The molecule has 3 N–H and O–H groups in total. The number of nitrogens with two attached hydrogens (primary N) is 1. The Kier molecular flexibility index (Phi) is 8.31. The summed E-state index contributed by atoms with van der Waals surface area (Å²) in [6.45, 7) is -1.23. The van der Waals surface area contributed by atoms with Crippen LogP contribution in [0.15, 0.2) is 54.6 Å². The molecule has 0 aliphatic carbocycles. The van der Waals surface area contributed by atoms with Crippen LogP contribution in [0.4, 0.5) is 8.78 Å². The van der Waals surface area contributed by atoms with E-state index in [-0.39, 0.29) is 24.1 Å². The number of amides is 1. The van der Waals surface area contributed by atoms with E-state index in [9.17, 15) is 13.6 Å². The van der Waals surface area contributed by atoms with Gasteiger partial charge < -0.3 is 15.8 Å². The van der Waals surface area contributed by atoms with Crippen LogP contribution in [0.3, 0.4) is 0 Å². The van der Waals surface area contributed by atoms with Crippen LogP contribution >= 0.6 is 12.4 Å². The third-order valence-corrected chi connectivity index (χ3v) is 3.60. The molecule has 0 spiro atoms. The lowest BCUT2D eigenvalue weighted by atomic mass is 10.0. The average molecular weight is 371 g/mol. The first-order valence-corrected chi connectivity index (χ1v) is 7.61. The largest absolute Gasteiger partial charge is 0.434 e. The van der Waals surface area contributed by atoms with Crippen molar-refractivity contribution in [2.75, 3.05) is 0 Å². The first kappa shape index (κ1) is 20.9. The zero-order valence-corrected chi connectivity index (χ0v) is 14.5. The quantitative estimate of drug-likeness (QED) is 0.784. The highest BCUT2D eigenvalue weighted by Gasteiger charge is 2.20. The molecule has 25 heavy (non-hydrogen) atoms. The zero-order chi connectivity index (χ0) is 17.5. The molecule has 0 saturated heterocycles. The number of carbonyl (C=O) groups excluding carboxylic acids is 1. The van der Waals surface area contributed by atoms with Gasteiger partial charge in [0.05, 0.1) is 12.1 Å². The van der Waals surface area contributed by atoms with Gasteiger partial charge in [-0.25, -0.2) is 0 Å². The zero-order valence-electron chi connectivity index (χ0n) is 13.7. The molecule has 4 nitrogen and oxygen atoms in total. The Bertz CT molecular complexity index is 671. The van der Waals surface area contributed by atoms with E-state index in [0.717, 1.165) is 5.56 Å². The highest BCUT2D eigenvalue weighted by atomic mass is 35.5. The smallest absolute Gasteiger partial charge is 0.387 e. The molecule has 1 amide bonds. The molecule has 2 rings (SSSR count). The number of alkyl halides is 2. The Balaban J connectivity index is 0.00000312. The van der Waals surface area contributed by atoms with E-state index in [1.807, 2.05) is 30.3 Å². The molecule has 0 aliphatic heterocycles. The summed E-state index contributed by atoms with van der Waals surface area (Å²) >= 11 is 0.